The van der Waals surface area contributed by atoms with Crippen LogP contribution in [0.2, 0.25) is 0 Å². The molecular weight excluding hydrogens is 365 g/mol. The van der Waals surface area contributed by atoms with E-state index in [1.54, 1.807) is 23.5 Å². The lowest BCUT2D eigenvalue weighted by atomic mass is 9.99. The van der Waals surface area contributed by atoms with Gasteiger partial charge in [-0.15, -0.1) is 11.3 Å². The van der Waals surface area contributed by atoms with Gasteiger partial charge < -0.3 is 0 Å². The van der Waals surface area contributed by atoms with Crippen molar-refractivity contribution >= 4 is 21.6 Å². The van der Waals surface area contributed by atoms with Crippen molar-refractivity contribution in [3.05, 3.63) is 103 Å². The van der Waals surface area contributed by atoms with Crippen LogP contribution >= 0.6 is 11.3 Å². The minimum absolute atomic E-state index is 0.217. The molecule has 28 heavy (non-hydrogen) atoms. The van der Waals surface area contributed by atoms with Crippen molar-refractivity contribution in [3.63, 3.8) is 0 Å². The van der Waals surface area contributed by atoms with Crippen molar-refractivity contribution in [1.82, 2.24) is 4.98 Å². The van der Waals surface area contributed by atoms with Crippen LogP contribution in [0.25, 0.3) is 43.0 Å². The van der Waals surface area contributed by atoms with Gasteiger partial charge in [0, 0.05) is 5.56 Å². The minimum Gasteiger partial charge on any atom is -0.236 e. The number of fused-ring (bicyclic) bond motifs is 1. The largest absolute Gasteiger partial charge is 0.236 e. The molecule has 0 fully saturated rings. The van der Waals surface area contributed by atoms with Crippen molar-refractivity contribution in [3.8, 4) is 32.8 Å². The van der Waals surface area contributed by atoms with E-state index in [1.807, 2.05) is 36.4 Å². The number of halogens is 1. The molecule has 0 unspecified atom stereocenters. The zero-order chi connectivity index (χ0) is 18.9. The highest BCUT2D eigenvalue weighted by molar-refractivity contribution is 7.21. The van der Waals surface area contributed by atoms with Crippen LogP contribution in [-0.4, -0.2) is 4.98 Å². The predicted molar refractivity (Wildman–Crippen MR) is 116 cm³/mol. The van der Waals surface area contributed by atoms with Gasteiger partial charge in [0.1, 0.15) is 10.8 Å². The molecule has 0 atom stereocenters. The molecule has 134 valence electrons. The van der Waals surface area contributed by atoms with Crippen LogP contribution in [0.5, 0.6) is 0 Å². The second-order valence-electron chi connectivity index (χ2n) is 6.66. The van der Waals surface area contributed by atoms with E-state index in [4.69, 9.17) is 4.98 Å². The fourth-order valence-corrected chi connectivity index (χ4v) is 4.31. The van der Waals surface area contributed by atoms with Crippen LogP contribution in [0, 0.1) is 5.82 Å². The van der Waals surface area contributed by atoms with Gasteiger partial charge in [-0.2, -0.15) is 0 Å². The number of rotatable bonds is 3. The highest BCUT2D eigenvalue weighted by Crippen LogP contribution is 2.33. The number of hydrogen-bond donors (Lipinski definition) is 0. The molecule has 0 amide bonds. The lowest BCUT2D eigenvalue weighted by molar-refractivity contribution is 0.628. The zero-order valence-electron chi connectivity index (χ0n) is 15.0. The van der Waals surface area contributed by atoms with E-state index in [9.17, 15) is 4.39 Å². The van der Waals surface area contributed by atoms with Crippen LogP contribution in [0.4, 0.5) is 4.39 Å². The third kappa shape index (κ3) is 3.21. The third-order valence-electron chi connectivity index (χ3n) is 4.78. The Morgan fingerprint density at radius 1 is 0.571 bits per heavy atom. The van der Waals surface area contributed by atoms with E-state index in [-0.39, 0.29) is 5.82 Å². The Bertz CT molecular complexity index is 1240. The molecule has 0 saturated carbocycles. The molecule has 0 spiro atoms. The molecule has 5 aromatic rings. The number of benzene rings is 4. The summed E-state index contributed by atoms with van der Waals surface area (Å²) in [6.45, 7) is 0. The monoisotopic (exact) mass is 381 g/mol. The van der Waals surface area contributed by atoms with Crippen LogP contribution in [0.3, 0.4) is 0 Å². The normalized spacial score (nSPS) is 11.0. The summed E-state index contributed by atoms with van der Waals surface area (Å²) in [6.07, 6.45) is 0. The molecule has 0 saturated heterocycles. The topological polar surface area (TPSA) is 12.9 Å². The Kier molecular flexibility index (Phi) is 4.22. The van der Waals surface area contributed by atoms with Crippen molar-refractivity contribution in [2.75, 3.05) is 0 Å². The van der Waals surface area contributed by atoms with Gasteiger partial charge in [-0.3, -0.25) is 0 Å². The first-order chi connectivity index (χ1) is 13.8. The van der Waals surface area contributed by atoms with Gasteiger partial charge in [-0.05, 0) is 52.6 Å². The Balaban J connectivity index is 1.49. The summed E-state index contributed by atoms with van der Waals surface area (Å²) in [5, 5.41) is 1.03. The molecule has 0 N–H and O–H groups in total. The van der Waals surface area contributed by atoms with Crippen LogP contribution in [0.1, 0.15) is 0 Å². The van der Waals surface area contributed by atoms with Gasteiger partial charge in [-0.1, -0.05) is 66.7 Å². The first-order valence-electron chi connectivity index (χ1n) is 9.09. The van der Waals surface area contributed by atoms with Crippen molar-refractivity contribution in [2.45, 2.75) is 0 Å². The first-order valence-corrected chi connectivity index (χ1v) is 9.90. The number of nitrogens with zero attached hydrogens (tertiary/aromatic N) is 1. The summed E-state index contributed by atoms with van der Waals surface area (Å²) in [5.41, 5.74) is 6.31. The molecule has 0 aliphatic rings. The Morgan fingerprint density at radius 2 is 1.21 bits per heavy atom. The van der Waals surface area contributed by atoms with Gasteiger partial charge in [0.2, 0.25) is 0 Å². The summed E-state index contributed by atoms with van der Waals surface area (Å²) in [4.78, 5) is 4.76. The maximum Gasteiger partial charge on any atom is 0.124 e. The second-order valence-corrected chi connectivity index (χ2v) is 7.69. The quantitative estimate of drug-likeness (QED) is 0.316. The van der Waals surface area contributed by atoms with Gasteiger partial charge in [0.25, 0.3) is 0 Å². The molecule has 1 heterocycles. The third-order valence-corrected chi connectivity index (χ3v) is 5.87. The Morgan fingerprint density at radius 3 is 1.93 bits per heavy atom. The maximum absolute atomic E-state index is 13.5. The molecular formula is C25H16FNS. The average Bonchev–Trinajstić information content (AvgIpc) is 3.18. The van der Waals surface area contributed by atoms with Crippen LogP contribution in [0.15, 0.2) is 97.1 Å². The molecule has 1 aromatic heterocycles. The number of hydrogen-bond acceptors (Lipinski definition) is 2. The van der Waals surface area contributed by atoms with E-state index in [0.717, 1.165) is 38.3 Å². The van der Waals surface area contributed by atoms with Gasteiger partial charge >= 0.3 is 0 Å². The van der Waals surface area contributed by atoms with E-state index in [1.165, 1.54) is 10.8 Å². The van der Waals surface area contributed by atoms with Gasteiger partial charge in [-0.25, -0.2) is 9.37 Å². The fourth-order valence-electron chi connectivity index (χ4n) is 3.35. The summed E-state index contributed by atoms with van der Waals surface area (Å²) in [6, 6.07) is 31.6. The number of thiazole rings is 1. The zero-order valence-corrected chi connectivity index (χ0v) is 15.8. The summed E-state index contributed by atoms with van der Waals surface area (Å²) < 4.78 is 14.7. The number of para-hydroxylation sites is 1. The average molecular weight is 381 g/mol. The van der Waals surface area contributed by atoms with Crippen molar-refractivity contribution < 1.29 is 4.39 Å². The highest BCUT2D eigenvalue weighted by atomic mass is 32.1. The van der Waals surface area contributed by atoms with E-state index in [2.05, 4.69) is 42.5 Å². The Hall–Kier alpha value is -3.30. The lowest BCUT2D eigenvalue weighted by Crippen LogP contribution is -1.83. The summed E-state index contributed by atoms with van der Waals surface area (Å²) in [7, 11) is 0. The van der Waals surface area contributed by atoms with Crippen molar-refractivity contribution in [2.24, 2.45) is 0 Å². The smallest absolute Gasteiger partial charge is 0.124 e. The summed E-state index contributed by atoms with van der Waals surface area (Å²) >= 11 is 1.71. The predicted octanol–water partition coefficient (Wildman–Crippen LogP) is 7.44. The Labute approximate surface area is 166 Å². The standard InChI is InChI=1S/C25H16FNS/c26-22-8-4-6-20(16-22)18-13-11-17(12-14-18)19-5-3-7-21(15-19)25-27-23-9-1-2-10-24(23)28-25/h1-16H. The fraction of sp³-hybridized carbons (Fsp3) is 0. The molecule has 0 aliphatic heterocycles. The second kappa shape index (κ2) is 7.02. The molecule has 4 aromatic carbocycles. The summed E-state index contributed by atoms with van der Waals surface area (Å²) in [5.74, 6) is -0.217. The highest BCUT2D eigenvalue weighted by Gasteiger charge is 2.08. The molecule has 5 rings (SSSR count). The molecule has 0 bridgehead atoms. The van der Waals surface area contributed by atoms with E-state index in [0.29, 0.717) is 0 Å². The van der Waals surface area contributed by atoms with Crippen LogP contribution in [-0.2, 0) is 0 Å². The van der Waals surface area contributed by atoms with E-state index < -0.39 is 0 Å². The molecule has 1 nitrogen and oxygen atoms in total. The molecule has 0 radical (unpaired) electrons. The first kappa shape index (κ1) is 16.8. The molecule has 0 aliphatic carbocycles. The SMILES string of the molecule is Fc1cccc(-c2ccc(-c3cccc(-c4nc5ccccc5s4)c3)cc2)c1. The number of aromatic nitrogens is 1. The van der Waals surface area contributed by atoms with E-state index >= 15 is 0 Å². The molecule has 3 heteroatoms. The maximum atomic E-state index is 13.5. The van der Waals surface area contributed by atoms with Crippen LogP contribution < -0.4 is 0 Å². The lowest BCUT2D eigenvalue weighted by Gasteiger charge is -2.06. The van der Waals surface area contributed by atoms with Crippen molar-refractivity contribution in [1.29, 1.82) is 0 Å². The minimum atomic E-state index is -0.217. The van der Waals surface area contributed by atoms with Gasteiger partial charge in [0.15, 0.2) is 0 Å². The van der Waals surface area contributed by atoms with Gasteiger partial charge in [0.05, 0.1) is 10.2 Å².